The van der Waals surface area contributed by atoms with Gasteiger partial charge in [0.2, 0.25) is 0 Å². The van der Waals surface area contributed by atoms with Crippen LogP contribution in [0.5, 0.6) is 0 Å². The van der Waals surface area contributed by atoms with E-state index in [0.717, 1.165) is 10.4 Å². The zero-order valence-corrected chi connectivity index (χ0v) is 13.4. The molecule has 21 heavy (non-hydrogen) atoms. The average Bonchev–Trinajstić information content (AvgIpc) is 3.02. The number of nitrogens with zero attached hydrogens (tertiary/aromatic N) is 2. The van der Waals surface area contributed by atoms with Gasteiger partial charge in [0.05, 0.1) is 6.54 Å². The van der Waals surface area contributed by atoms with Crippen LogP contribution in [0.2, 0.25) is 0 Å². The number of aromatic nitrogens is 2. The van der Waals surface area contributed by atoms with Crippen LogP contribution in [0.25, 0.3) is 0 Å². The zero-order chi connectivity index (χ0) is 15.5. The smallest absolute Gasteiger partial charge is 0.259 e. The predicted molar refractivity (Wildman–Crippen MR) is 82.2 cm³/mol. The highest BCUT2D eigenvalue weighted by Gasteiger charge is 2.18. The largest absolute Gasteiger partial charge is 0.337 e. The molecule has 3 N–H and O–H groups in total. The van der Waals surface area contributed by atoms with Crippen molar-refractivity contribution in [1.82, 2.24) is 14.3 Å². The van der Waals surface area contributed by atoms with Gasteiger partial charge in [-0.1, -0.05) is 11.8 Å². The second kappa shape index (κ2) is 6.41. The fourth-order valence-corrected chi connectivity index (χ4v) is 3.48. The molecule has 0 saturated carbocycles. The van der Waals surface area contributed by atoms with Gasteiger partial charge >= 0.3 is 0 Å². The van der Waals surface area contributed by atoms with E-state index in [1.165, 1.54) is 17.5 Å². The molecule has 0 aliphatic heterocycles. The molecule has 0 radical (unpaired) electrons. The molecule has 6 nitrogen and oxygen atoms in total. The summed E-state index contributed by atoms with van der Waals surface area (Å²) >= 11 is 1.45. The Hall–Kier alpha value is -1.66. The van der Waals surface area contributed by atoms with Crippen LogP contribution in [0.4, 0.5) is 0 Å². The van der Waals surface area contributed by atoms with Crippen molar-refractivity contribution in [3.63, 3.8) is 0 Å². The first-order chi connectivity index (χ1) is 9.92. The molecule has 0 spiro atoms. The summed E-state index contributed by atoms with van der Waals surface area (Å²) in [5.74, 6) is 6.31. The predicted octanol–water partition coefficient (Wildman–Crippen LogP) is 0.579. The summed E-state index contributed by atoms with van der Waals surface area (Å²) in [6.45, 7) is 2.27. The van der Waals surface area contributed by atoms with Crippen molar-refractivity contribution in [1.29, 1.82) is 0 Å². The first-order valence-corrected chi connectivity index (χ1v) is 8.54. The van der Waals surface area contributed by atoms with Crippen molar-refractivity contribution in [3.05, 3.63) is 33.9 Å². The summed E-state index contributed by atoms with van der Waals surface area (Å²) in [6, 6.07) is 1.85. The van der Waals surface area contributed by atoms with E-state index in [4.69, 9.17) is 5.73 Å². The lowest BCUT2D eigenvalue weighted by Gasteiger charge is -2.01. The molecule has 2 aromatic heterocycles. The molecule has 0 atom stereocenters. The molecule has 0 amide bonds. The van der Waals surface area contributed by atoms with E-state index in [1.807, 2.05) is 11.4 Å². The minimum absolute atomic E-state index is 0.0298. The highest BCUT2D eigenvalue weighted by Crippen LogP contribution is 2.15. The molecule has 112 valence electrons. The van der Waals surface area contributed by atoms with Crippen LogP contribution in [0.3, 0.4) is 0 Å². The highest BCUT2D eigenvalue weighted by molar-refractivity contribution is 7.89. The Morgan fingerprint density at radius 3 is 2.90 bits per heavy atom. The van der Waals surface area contributed by atoms with E-state index < -0.39 is 10.0 Å². The summed E-state index contributed by atoms with van der Waals surface area (Å²) in [5.41, 5.74) is 6.15. The van der Waals surface area contributed by atoms with Gasteiger partial charge < -0.3 is 10.3 Å². The molecule has 0 aliphatic carbocycles. The number of imidazole rings is 1. The van der Waals surface area contributed by atoms with Crippen LogP contribution in [-0.4, -0.2) is 24.5 Å². The van der Waals surface area contributed by atoms with Crippen LogP contribution in [0.1, 0.15) is 16.3 Å². The van der Waals surface area contributed by atoms with Gasteiger partial charge in [0, 0.05) is 35.6 Å². The van der Waals surface area contributed by atoms with Crippen molar-refractivity contribution >= 4 is 21.4 Å². The maximum atomic E-state index is 12.1. The van der Waals surface area contributed by atoms with Crippen LogP contribution in [-0.2, 0) is 23.6 Å². The van der Waals surface area contributed by atoms with E-state index in [9.17, 15) is 8.42 Å². The maximum absolute atomic E-state index is 12.1. The topological polar surface area (TPSA) is 90.0 Å². The lowest BCUT2D eigenvalue weighted by molar-refractivity contribution is 0.578. The Kier molecular flexibility index (Phi) is 4.80. The van der Waals surface area contributed by atoms with Gasteiger partial charge in [-0.15, -0.1) is 11.3 Å². The number of rotatable bonds is 4. The normalized spacial score (nSPS) is 11.2. The van der Waals surface area contributed by atoms with Crippen LogP contribution in [0.15, 0.2) is 22.7 Å². The SMILES string of the molecule is Cc1nc(S(=O)(=O)NCc2cc(C#CCN)cs2)cn1C. The number of aryl methyl sites for hydroxylation is 2. The van der Waals surface area contributed by atoms with E-state index in [1.54, 1.807) is 18.5 Å². The zero-order valence-electron chi connectivity index (χ0n) is 11.8. The molecule has 2 aromatic rings. The van der Waals surface area contributed by atoms with Gasteiger partial charge in [-0.3, -0.25) is 0 Å². The Labute approximate surface area is 128 Å². The number of hydrogen-bond donors (Lipinski definition) is 2. The molecular formula is C13H16N4O2S2. The first-order valence-electron chi connectivity index (χ1n) is 6.18. The quantitative estimate of drug-likeness (QED) is 0.805. The third-order valence-corrected chi connectivity index (χ3v) is 5.00. The second-order valence-electron chi connectivity index (χ2n) is 4.37. The third kappa shape index (κ3) is 3.92. The molecular weight excluding hydrogens is 308 g/mol. The Bertz CT molecular complexity index is 774. The second-order valence-corrected chi connectivity index (χ2v) is 7.08. The molecule has 2 heterocycles. The van der Waals surface area contributed by atoms with Crippen molar-refractivity contribution in [3.8, 4) is 11.8 Å². The maximum Gasteiger partial charge on any atom is 0.259 e. The number of nitrogens with two attached hydrogens (primary N) is 1. The Balaban J connectivity index is 2.06. The number of nitrogens with one attached hydrogen (secondary N) is 1. The van der Waals surface area contributed by atoms with E-state index in [0.29, 0.717) is 12.4 Å². The minimum atomic E-state index is -3.60. The summed E-state index contributed by atoms with van der Waals surface area (Å²) in [6.07, 6.45) is 1.49. The summed E-state index contributed by atoms with van der Waals surface area (Å²) in [7, 11) is -1.85. The van der Waals surface area contributed by atoms with Crippen LogP contribution >= 0.6 is 11.3 Å². The van der Waals surface area contributed by atoms with Crippen LogP contribution in [0, 0.1) is 18.8 Å². The molecule has 0 aromatic carbocycles. The fourth-order valence-electron chi connectivity index (χ4n) is 1.59. The summed E-state index contributed by atoms with van der Waals surface area (Å²) in [5, 5.41) is 1.90. The average molecular weight is 324 g/mol. The summed E-state index contributed by atoms with van der Waals surface area (Å²) in [4.78, 5) is 4.90. The monoisotopic (exact) mass is 324 g/mol. The Morgan fingerprint density at radius 1 is 1.52 bits per heavy atom. The summed E-state index contributed by atoms with van der Waals surface area (Å²) < 4.78 is 28.4. The number of sulfonamides is 1. The molecule has 0 bridgehead atoms. The van der Waals surface area contributed by atoms with Crippen LogP contribution < -0.4 is 10.5 Å². The van der Waals surface area contributed by atoms with Gasteiger partial charge in [0.25, 0.3) is 10.0 Å². The molecule has 0 unspecified atom stereocenters. The molecule has 2 rings (SSSR count). The lowest BCUT2D eigenvalue weighted by atomic mass is 10.3. The van der Waals surface area contributed by atoms with Crippen molar-refractivity contribution in [2.24, 2.45) is 12.8 Å². The van der Waals surface area contributed by atoms with Gasteiger partial charge in [-0.25, -0.2) is 18.1 Å². The fraction of sp³-hybridized carbons (Fsp3) is 0.308. The van der Waals surface area contributed by atoms with E-state index >= 15 is 0 Å². The molecule has 0 aliphatic rings. The molecule has 0 fully saturated rings. The van der Waals surface area contributed by atoms with Crippen molar-refractivity contribution < 1.29 is 8.42 Å². The van der Waals surface area contributed by atoms with Crippen molar-refractivity contribution in [2.75, 3.05) is 6.54 Å². The van der Waals surface area contributed by atoms with E-state index in [2.05, 4.69) is 21.5 Å². The first kappa shape index (κ1) is 15.7. The van der Waals surface area contributed by atoms with Gasteiger partial charge in [-0.05, 0) is 13.0 Å². The molecule has 0 saturated heterocycles. The number of hydrogen-bond acceptors (Lipinski definition) is 5. The van der Waals surface area contributed by atoms with E-state index in [-0.39, 0.29) is 11.6 Å². The standard InChI is InChI=1S/C13H16N4O2S2/c1-10-16-13(8-17(10)2)21(18,19)15-7-12-6-11(9-20-12)4-3-5-14/h6,8-9,15H,5,7,14H2,1-2H3. The van der Waals surface area contributed by atoms with Crippen molar-refractivity contribution in [2.45, 2.75) is 18.5 Å². The lowest BCUT2D eigenvalue weighted by Crippen LogP contribution is -2.23. The third-order valence-electron chi connectivity index (χ3n) is 2.79. The van der Waals surface area contributed by atoms with Gasteiger partial charge in [0.15, 0.2) is 5.03 Å². The highest BCUT2D eigenvalue weighted by atomic mass is 32.2. The van der Waals surface area contributed by atoms with Gasteiger partial charge in [0.1, 0.15) is 5.82 Å². The van der Waals surface area contributed by atoms with Gasteiger partial charge in [-0.2, -0.15) is 0 Å². The minimum Gasteiger partial charge on any atom is -0.337 e. The number of thiophene rings is 1. The Morgan fingerprint density at radius 2 is 2.29 bits per heavy atom. The molecule has 8 heteroatoms.